The van der Waals surface area contributed by atoms with Gasteiger partial charge in [-0.3, -0.25) is 4.90 Å². The summed E-state index contributed by atoms with van der Waals surface area (Å²) in [6.45, 7) is 7.76. The molecule has 8 nitrogen and oxygen atoms in total. The number of rotatable bonds is 6. The fraction of sp³-hybridized carbons (Fsp3) is 0.409. The summed E-state index contributed by atoms with van der Waals surface area (Å²) in [6.07, 6.45) is 0. The number of piperazine rings is 1. The van der Waals surface area contributed by atoms with Crippen LogP contribution >= 0.6 is 0 Å². The zero-order chi connectivity index (χ0) is 22.1. The van der Waals surface area contributed by atoms with Gasteiger partial charge >= 0.3 is 5.97 Å². The standard InChI is InChI=1S/C22H26FN5O3/c1-14(2)20-19-18(27-9-7-26(8-10-27)11-12-29)13-17(22(30)31)24-21(19)28(25-20)16-5-3-15(23)4-6-16/h3-6,13-14,29H,7-12H2,1-2H3,(H,30,31). The molecule has 0 bridgehead atoms. The van der Waals surface area contributed by atoms with Gasteiger partial charge in [-0.2, -0.15) is 5.10 Å². The number of carboxylic acid groups (broad SMARTS) is 1. The first-order chi connectivity index (χ1) is 14.9. The summed E-state index contributed by atoms with van der Waals surface area (Å²) in [5, 5.41) is 24.5. The molecule has 2 N–H and O–H groups in total. The number of aromatic carboxylic acids is 1. The van der Waals surface area contributed by atoms with Crippen LogP contribution in [0.2, 0.25) is 0 Å². The molecule has 0 saturated carbocycles. The Hall–Kier alpha value is -3.04. The quantitative estimate of drug-likeness (QED) is 0.624. The van der Waals surface area contributed by atoms with Crippen molar-refractivity contribution in [3.05, 3.63) is 47.5 Å². The molecule has 1 aliphatic rings. The van der Waals surface area contributed by atoms with Crippen LogP contribution in [0, 0.1) is 5.82 Å². The van der Waals surface area contributed by atoms with Crippen molar-refractivity contribution in [2.24, 2.45) is 0 Å². The van der Waals surface area contributed by atoms with E-state index >= 15 is 0 Å². The third-order valence-corrected chi connectivity index (χ3v) is 5.61. The topological polar surface area (TPSA) is 94.7 Å². The molecule has 1 aromatic carbocycles. The van der Waals surface area contributed by atoms with Crippen molar-refractivity contribution in [1.29, 1.82) is 0 Å². The number of halogens is 1. The van der Waals surface area contributed by atoms with Crippen LogP contribution in [0.25, 0.3) is 16.7 Å². The number of benzene rings is 1. The summed E-state index contributed by atoms with van der Waals surface area (Å²) in [5.74, 6) is -1.39. The number of carbonyl (C=O) groups is 1. The number of fused-ring (bicyclic) bond motifs is 1. The zero-order valence-corrected chi connectivity index (χ0v) is 17.6. The van der Waals surface area contributed by atoms with Crippen LogP contribution in [0.1, 0.15) is 35.9 Å². The molecule has 0 aliphatic carbocycles. The summed E-state index contributed by atoms with van der Waals surface area (Å²) in [4.78, 5) is 20.6. The lowest BCUT2D eigenvalue weighted by Gasteiger charge is -2.36. The SMILES string of the molecule is CC(C)c1nn(-c2ccc(F)cc2)c2nc(C(=O)O)cc(N3CCN(CCO)CC3)c12. The number of pyridine rings is 1. The minimum atomic E-state index is -1.11. The van der Waals surface area contributed by atoms with E-state index in [0.29, 0.717) is 31.0 Å². The molecule has 1 fully saturated rings. The molecule has 1 aliphatic heterocycles. The molecule has 0 atom stereocenters. The van der Waals surface area contributed by atoms with Gasteiger partial charge in [-0.1, -0.05) is 13.8 Å². The number of aliphatic hydroxyl groups excluding tert-OH is 1. The Morgan fingerprint density at radius 1 is 1.16 bits per heavy atom. The van der Waals surface area contributed by atoms with Crippen molar-refractivity contribution in [3.8, 4) is 5.69 Å². The number of hydrogen-bond donors (Lipinski definition) is 2. The fourth-order valence-corrected chi connectivity index (χ4v) is 4.00. The van der Waals surface area contributed by atoms with Crippen molar-refractivity contribution in [2.45, 2.75) is 19.8 Å². The van der Waals surface area contributed by atoms with Crippen LogP contribution in [0.3, 0.4) is 0 Å². The molecule has 164 valence electrons. The number of aliphatic hydroxyl groups is 1. The Kier molecular flexibility index (Phi) is 5.88. The van der Waals surface area contributed by atoms with Crippen LogP contribution < -0.4 is 4.90 Å². The van der Waals surface area contributed by atoms with Gasteiger partial charge in [-0.05, 0) is 36.2 Å². The Labute approximate surface area is 179 Å². The van der Waals surface area contributed by atoms with Crippen LogP contribution in [0.4, 0.5) is 10.1 Å². The first-order valence-corrected chi connectivity index (χ1v) is 10.4. The summed E-state index contributed by atoms with van der Waals surface area (Å²) in [7, 11) is 0. The summed E-state index contributed by atoms with van der Waals surface area (Å²) < 4.78 is 15.1. The molecule has 0 radical (unpaired) electrons. The molecule has 0 amide bonds. The monoisotopic (exact) mass is 427 g/mol. The summed E-state index contributed by atoms with van der Waals surface area (Å²) in [5.41, 5.74) is 2.62. The fourth-order valence-electron chi connectivity index (χ4n) is 4.00. The number of nitrogens with zero attached hydrogens (tertiary/aromatic N) is 5. The Bertz CT molecular complexity index is 1090. The largest absolute Gasteiger partial charge is 0.477 e. The lowest BCUT2D eigenvalue weighted by atomic mass is 10.0. The molecule has 2 aromatic heterocycles. The maximum absolute atomic E-state index is 13.5. The Morgan fingerprint density at radius 3 is 2.42 bits per heavy atom. The third-order valence-electron chi connectivity index (χ3n) is 5.61. The average molecular weight is 427 g/mol. The van der Waals surface area contributed by atoms with Gasteiger partial charge in [0, 0.05) is 32.7 Å². The maximum Gasteiger partial charge on any atom is 0.354 e. The highest BCUT2D eigenvalue weighted by Crippen LogP contribution is 2.35. The lowest BCUT2D eigenvalue weighted by molar-refractivity contribution is 0.0691. The van der Waals surface area contributed by atoms with E-state index < -0.39 is 5.97 Å². The van der Waals surface area contributed by atoms with Gasteiger partial charge in [0.15, 0.2) is 11.3 Å². The third kappa shape index (κ3) is 4.11. The minimum Gasteiger partial charge on any atom is -0.477 e. The molecule has 3 aromatic rings. The molecule has 31 heavy (non-hydrogen) atoms. The normalized spacial score (nSPS) is 15.2. The first kappa shape index (κ1) is 21.2. The summed E-state index contributed by atoms with van der Waals surface area (Å²) in [6, 6.07) is 7.53. The number of hydrogen-bond acceptors (Lipinski definition) is 6. The van der Waals surface area contributed by atoms with E-state index in [4.69, 9.17) is 5.10 Å². The van der Waals surface area contributed by atoms with Gasteiger partial charge in [0.1, 0.15) is 5.82 Å². The second-order valence-corrected chi connectivity index (χ2v) is 8.01. The smallest absolute Gasteiger partial charge is 0.354 e. The van der Waals surface area contributed by atoms with Gasteiger partial charge < -0.3 is 15.1 Å². The molecule has 4 rings (SSSR count). The van der Waals surface area contributed by atoms with Crippen LogP contribution in [0.5, 0.6) is 0 Å². The predicted octanol–water partition coefficient (Wildman–Crippen LogP) is 2.50. The van der Waals surface area contributed by atoms with Crippen molar-refractivity contribution in [2.75, 3.05) is 44.2 Å². The van der Waals surface area contributed by atoms with Gasteiger partial charge in [0.05, 0.1) is 29.1 Å². The molecule has 0 unspecified atom stereocenters. The zero-order valence-electron chi connectivity index (χ0n) is 17.6. The van der Waals surface area contributed by atoms with Crippen LogP contribution in [-0.4, -0.2) is 75.2 Å². The number of β-amino-alcohol motifs (C(OH)–C–C–N with tert-alkyl or cyclic N) is 1. The lowest BCUT2D eigenvalue weighted by Crippen LogP contribution is -2.47. The second kappa shape index (κ2) is 8.60. The van der Waals surface area contributed by atoms with Crippen molar-refractivity contribution < 1.29 is 19.4 Å². The highest BCUT2D eigenvalue weighted by atomic mass is 19.1. The average Bonchev–Trinajstić information content (AvgIpc) is 3.14. The molecular formula is C22H26FN5O3. The highest BCUT2D eigenvalue weighted by molar-refractivity contribution is 5.98. The van der Waals surface area contributed by atoms with E-state index in [0.717, 1.165) is 29.9 Å². The number of anilines is 1. The maximum atomic E-state index is 13.5. The van der Waals surface area contributed by atoms with Gasteiger partial charge in [-0.25, -0.2) is 18.9 Å². The second-order valence-electron chi connectivity index (χ2n) is 8.01. The van der Waals surface area contributed by atoms with Gasteiger partial charge in [0.25, 0.3) is 0 Å². The minimum absolute atomic E-state index is 0.0566. The number of aromatic nitrogens is 3. The van der Waals surface area contributed by atoms with Crippen molar-refractivity contribution in [1.82, 2.24) is 19.7 Å². The molecule has 9 heteroatoms. The first-order valence-electron chi connectivity index (χ1n) is 10.4. The van der Waals surface area contributed by atoms with E-state index in [1.54, 1.807) is 22.9 Å². The molecule has 0 spiro atoms. The Morgan fingerprint density at radius 2 is 1.84 bits per heavy atom. The summed E-state index contributed by atoms with van der Waals surface area (Å²) >= 11 is 0. The van der Waals surface area contributed by atoms with E-state index in [-0.39, 0.29) is 24.0 Å². The van der Waals surface area contributed by atoms with Crippen molar-refractivity contribution >= 4 is 22.7 Å². The predicted molar refractivity (Wildman–Crippen MR) is 116 cm³/mol. The molecule has 1 saturated heterocycles. The Balaban J connectivity index is 1.89. The van der Waals surface area contributed by atoms with Crippen LogP contribution in [0.15, 0.2) is 30.3 Å². The van der Waals surface area contributed by atoms with E-state index in [2.05, 4.69) is 14.8 Å². The molecule has 3 heterocycles. The van der Waals surface area contributed by atoms with Crippen LogP contribution in [-0.2, 0) is 0 Å². The van der Waals surface area contributed by atoms with E-state index in [9.17, 15) is 19.4 Å². The highest BCUT2D eigenvalue weighted by Gasteiger charge is 2.26. The molecular weight excluding hydrogens is 401 g/mol. The van der Waals surface area contributed by atoms with E-state index in [1.165, 1.54) is 12.1 Å². The van der Waals surface area contributed by atoms with E-state index in [1.807, 2.05) is 13.8 Å². The van der Waals surface area contributed by atoms with Gasteiger partial charge in [-0.15, -0.1) is 0 Å². The van der Waals surface area contributed by atoms with Gasteiger partial charge in [0.2, 0.25) is 0 Å². The van der Waals surface area contributed by atoms with Crippen molar-refractivity contribution in [3.63, 3.8) is 0 Å². The number of carboxylic acids is 1.